The van der Waals surface area contributed by atoms with E-state index in [1.807, 2.05) is 0 Å². The number of nitrogens with zero attached hydrogens (tertiary/aromatic N) is 1. The molecule has 6 nitrogen and oxygen atoms in total. The largest absolute Gasteiger partial charge is 0.489 e. The van der Waals surface area contributed by atoms with Crippen molar-refractivity contribution in [3.63, 3.8) is 0 Å². The minimum Gasteiger partial charge on any atom is -0.489 e. The van der Waals surface area contributed by atoms with E-state index in [9.17, 15) is 4.79 Å². The van der Waals surface area contributed by atoms with Crippen LogP contribution >= 0.6 is 0 Å². The molecule has 0 amide bonds. The number of ether oxygens (including phenoxy) is 1. The number of H-pyrrole nitrogens is 3. The molecule has 0 aromatic carbocycles. The molecule has 0 spiro atoms. The van der Waals surface area contributed by atoms with Gasteiger partial charge in [0.25, 0.3) is 0 Å². The Bertz CT molecular complexity index is 1930. The first-order valence-electron chi connectivity index (χ1n) is 16.1. The molecule has 0 atom stereocenters. The Labute approximate surface area is 248 Å². The van der Waals surface area contributed by atoms with Crippen molar-refractivity contribution >= 4 is 44.2 Å². The summed E-state index contributed by atoms with van der Waals surface area (Å²) in [6.45, 7) is 15.9. The van der Waals surface area contributed by atoms with Crippen LogP contribution in [0.1, 0.15) is 106 Å². The van der Waals surface area contributed by atoms with Crippen LogP contribution in [0.15, 0.2) is 16.9 Å². The highest BCUT2D eigenvalue weighted by Gasteiger charge is 2.30. The molecule has 220 valence electrons. The van der Waals surface area contributed by atoms with E-state index in [1.54, 1.807) is 0 Å². The number of hydrogen-bond donors (Lipinski definition) is 3. The average Bonchev–Trinajstić information content (AvgIpc) is 3.75. The Balaban J connectivity index is 1.93. The van der Waals surface area contributed by atoms with Crippen LogP contribution in [0.5, 0.6) is 5.75 Å². The number of hydrogen-bond acceptors (Lipinski definition) is 3. The lowest BCUT2D eigenvalue weighted by atomic mass is 9.97. The molecule has 6 heteroatoms. The molecule has 6 rings (SSSR count). The lowest BCUT2D eigenvalue weighted by Crippen LogP contribution is -2.08. The number of nitrogens with one attached hydrogen (secondary N) is 3. The summed E-state index contributed by atoms with van der Waals surface area (Å²) in [6.07, 6.45) is 6.82. The van der Waals surface area contributed by atoms with Crippen molar-refractivity contribution in [3.8, 4) is 5.75 Å². The van der Waals surface area contributed by atoms with Crippen molar-refractivity contribution in [2.24, 2.45) is 0 Å². The molecule has 42 heavy (non-hydrogen) atoms. The van der Waals surface area contributed by atoms with E-state index >= 15 is 0 Å². The molecule has 6 heterocycles. The minimum absolute atomic E-state index is 0.0125. The van der Waals surface area contributed by atoms with Gasteiger partial charge in [0.1, 0.15) is 11.4 Å². The highest BCUT2D eigenvalue weighted by Crippen LogP contribution is 2.43. The second kappa shape index (κ2) is 11.1. The Hall–Kier alpha value is -3.80. The molecule has 0 fully saturated rings. The van der Waals surface area contributed by atoms with E-state index < -0.39 is 0 Å². The van der Waals surface area contributed by atoms with Gasteiger partial charge in [-0.05, 0) is 102 Å². The van der Waals surface area contributed by atoms with Gasteiger partial charge < -0.3 is 19.7 Å². The van der Waals surface area contributed by atoms with Crippen molar-refractivity contribution in [1.82, 2.24) is 19.9 Å². The number of allylic oxidation sites excluding steroid dienone is 1. The van der Waals surface area contributed by atoms with Gasteiger partial charge in [0.05, 0.1) is 17.6 Å². The van der Waals surface area contributed by atoms with Crippen LogP contribution in [0.25, 0.3) is 44.2 Å². The van der Waals surface area contributed by atoms with Gasteiger partial charge >= 0.3 is 0 Å². The van der Waals surface area contributed by atoms with E-state index in [4.69, 9.17) is 9.72 Å². The first kappa shape index (κ1) is 28.3. The molecule has 0 unspecified atom stereocenters. The van der Waals surface area contributed by atoms with Crippen LogP contribution in [0, 0.1) is 0 Å². The van der Waals surface area contributed by atoms with Crippen molar-refractivity contribution < 1.29 is 4.74 Å². The maximum Gasteiger partial charge on any atom is 0.228 e. The van der Waals surface area contributed by atoms with Crippen molar-refractivity contribution in [2.75, 3.05) is 6.61 Å². The third kappa shape index (κ3) is 4.13. The third-order valence-electron chi connectivity index (χ3n) is 9.48. The Morgan fingerprint density at radius 1 is 0.619 bits per heavy atom. The summed E-state index contributed by atoms with van der Waals surface area (Å²) in [5.41, 5.74) is 17.3. The molecule has 3 N–H and O–H groups in total. The molecule has 2 aliphatic heterocycles. The van der Waals surface area contributed by atoms with Gasteiger partial charge in [-0.15, -0.1) is 0 Å². The molecule has 0 saturated heterocycles. The summed E-state index contributed by atoms with van der Waals surface area (Å²) in [5, 5.41) is 0. The van der Waals surface area contributed by atoms with Crippen LogP contribution in [-0.2, 0) is 38.5 Å². The summed E-state index contributed by atoms with van der Waals surface area (Å²) < 4.78 is 6.43. The topological polar surface area (TPSA) is 86.6 Å². The first-order valence-corrected chi connectivity index (χ1v) is 16.1. The normalized spacial score (nSPS) is 13.8. The van der Waals surface area contributed by atoms with Crippen LogP contribution in [0.3, 0.4) is 0 Å². The fourth-order valence-corrected chi connectivity index (χ4v) is 7.57. The van der Waals surface area contributed by atoms with E-state index in [1.165, 1.54) is 27.8 Å². The third-order valence-corrected chi connectivity index (χ3v) is 9.48. The lowest BCUT2D eigenvalue weighted by Gasteiger charge is -2.17. The molecular weight excluding hydrogens is 520 g/mol. The van der Waals surface area contributed by atoms with Gasteiger partial charge in [-0.2, -0.15) is 0 Å². The standard InChI is InChI=1S/C36H44N4O2/c1-8-19-20(9-2)28-18-30-22(11-4)24(13-6)33(39-30)36-34-26(15-16-42-36)25(14-7)32(40-34)35(41)31-23(12-5)21(10-3)29(38-31)17-27(19)37-28/h17-18,37-39H,8-16H2,1-7H3. The van der Waals surface area contributed by atoms with Gasteiger partial charge in [-0.25, -0.2) is 4.98 Å². The second-order valence-corrected chi connectivity index (χ2v) is 11.4. The highest BCUT2D eigenvalue weighted by atomic mass is 16.5. The Morgan fingerprint density at radius 3 is 1.62 bits per heavy atom. The fourth-order valence-electron chi connectivity index (χ4n) is 7.57. The Kier molecular flexibility index (Phi) is 7.50. The van der Waals surface area contributed by atoms with Gasteiger partial charge in [0.2, 0.25) is 5.43 Å². The summed E-state index contributed by atoms with van der Waals surface area (Å²) in [6, 6.07) is 4.54. The average molecular weight is 565 g/mol. The summed E-state index contributed by atoms with van der Waals surface area (Å²) in [7, 11) is 0. The maximum absolute atomic E-state index is 14.4. The van der Waals surface area contributed by atoms with E-state index in [0.29, 0.717) is 17.8 Å². The predicted octanol–water partition coefficient (Wildman–Crippen LogP) is 8.36. The molecule has 4 aromatic rings. The smallest absolute Gasteiger partial charge is 0.228 e. The van der Waals surface area contributed by atoms with Crippen LogP contribution < -0.4 is 10.2 Å². The van der Waals surface area contributed by atoms with Crippen LogP contribution in [0.2, 0.25) is 0 Å². The molecular formula is C36H44N4O2. The van der Waals surface area contributed by atoms with Crippen LogP contribution in [-0.4, -0.2) is 26.5 Å². The predicted molar refractivity (Wildman–Crippen MR) is 176 cm³/mol. The number of aryl methyl sites for hydroxylation is 6. The second-order valence-electron chi connectivity index (χ2n) is 11.4. The zero-order chi connectivity index (χ0) is 29.7. The molecule has 0 radical (unpaired) electrons. The van der Waals surface area contributed by atoms with Crippen LogP contribution in [0.4, 0.5) is 0 Å². The van der Waals surface area contributed by atoms with E-state index in [2.05, 4.69) is 75.6 Å². The molecule has 0 aliphatic carbocycles. The molecule has 2 aliphatic rings. The quantitative estimate of drug-likeness (QED) is 0.211. The molecule has 0 saturated carbocycles. The SMILES string of the molecule is CCC1=C2CCOc3c2nc1c(=O)c1[nH]c(cc2[nH]c(cc4[nH]c3c(CC)c4CC)c(CC)c2CC)c(CC)c1CC. The van der Waals surface area contributed by atoms with Gasteiger partial charge in [0.15, 0.2) is 5.75 Å². The van der Waals surface area contributed by atoms with Crippen molar-refractivity contribution in [3.05, 3.63) is 67.1 Å². The Morgan fingerprint density at radius 2 is 1.10 bits per heavy atom. The van der Waals surface area contributed by atoms with Gasteiger partial charge in [-0.1, -0.05) is 48.5 Å². The number of fused-ring (bicyclic) bond motifs is 8. The number of aromatic amines is 3. The fraction of sp³-hybridized carbons (Fsp3) is 0.444. The minimum atomic E-state index is -0.0125. The summed E-state index contributed by atoms with van der Waals surface area (Å²) >= 11 is 0. The summed E-state index contributed by atoms with van der Waals surface area (Å²) in [5.74, 6) is 0.783. The highest BCUT2D eigenvalue weighted by molar-refractivity contribution is 5.97. The zero-order valence-corrected chi connectivity index (χ0v) is 26.3. The zero-order valence-electron chi connectivity index (χ0n) is 26.3. The van der Waals surface area contributed by atoms with Gasteiger partial charge in [0, 0.05) is 28.5 Å². The molecule has 4 aromatic heterocycles. The van der Waals surface area contributed by atoms with Crippen molar-refractivity contribution in [2.45, 2.75) is 99.8 Å². The molecule has 8 bridgehead atoms. The van der Waals surface area contributed by atoms with E-state index in [-0.39, 0.29) is 5.43 Å². The van der Waals surface area contributed by atoms with Gasteiger partial charge in [-0.3, -0.25) is 4.79 Å². The summed E-state index contributed by atoms with van der Waals surface area (Å²) in [4.78, 5) is 30.7. The van der Waals surface area contributed by atoms with Crippen molar-refractivity contribution in [1.29, 1.82) is 0 Å². The lowest BCUT2D eigenvalue weighted by molar-refractivity contribution is 0.318. The first-order chi connectivity index (χ1) is 20.4. The van der Waals surface area contributed by atoms with E-state index in [0.717, 1.165) is 107 Å². The maximum atomic E-state index is 14.4. The number of aromatic nitrogens is 4. The monoisotopic (exact) mass is 564 g/mol. The number of rotatable bonds is 7.